The van der Waals surface area contributed by atoms with Crippen LogP contribution in [0.1, 0.15) is 26.0 Å². The molecule has 6 heteroatoms. The first kappa shape index (κ1) is 15.6. The molecule has 0 bridgehead atoms. The first-order valence-electron chi connectivity index (χ1n) is 7.03. The first-order chi connectivity index (χ1) is 10.2. The summed E-state index contributed by atoms with van der Waals surface area (Å²) in [5, 5.41) is 0.701. The van der Waals surface area contributed by atoms with Crippen LogP contribution in [0.15, 0.2) is 18.2 Å². The van der Waals surface area contributed by atoms with E-state index in [0.29, 0.717) is 18.3 Å². The lowest BCUT2D eigenvalue weighted by atomic mass is 10.1. The second-order valence-electron chi connectivity index (χ2n) is 4.52. The molecule has 0 saturated heterocycles. The number of hydrogen-bond donors (Lipinski definition) is 2. The maximum absolute atomic E-state index is 5.72. The summed E-state index contributed by atoms with van der Waals surface area (Å²) in [5.74, 6) is 6.96. The number of anilines is 1. The van der Waals surface area contributed by atoms with Gasteiger partial charge < -0.3 is 9.47 Å². The van der Waals surface area contributed by atoms with Crippen molar-refractivity contribution in [3.8, 4) is 21.9 Å². The lowest BCUT2D eigenvalue weighted by Gasteiger charge is -2.12. The number of hydrogen-bond acceptors (Lipinski definition) is 6. The third-order valence-corrected chi connectivity index (χ3v) is 4.03. The Bertz CT molecular complexity index is 599. The molecule has 0 saturated carbocycles. The molecule has 0 fully saturated rings. The van der Waals surface area contributed by atoms with Crippen molar-refractivity contribution in [1.29, 1.82) is 0 Å². The molecular formula is C15H21N3O2S. The Balaban J connectivity index is 2.35. The predicted molar refractivity (Wildman–Crippen MR) is 87.1 cm³/mol. The number of aryl methyl sites for hydroxylation is 1. The Morgan fingerprint density at radius 3 is 2.67 bits per heavy atom. The molecule has 1 aromatic carbocycles. The van der Waals surface area contributed by atoms with Gasteiger partial charge in [-0.15, -0.1) is 0 Å². The Kier molecular flexibility index (Phi) is 5.41. The third-order valence-electron chi connectivity index (χ3n) is 2.89. The maximum Gasteiger partial charge on any atom is 0.197 e. The Morgan fingerprint density at radius 1 is 1.24 bits per heavy atom. The van der Waals surface area contributed by atoms with Gasteiger partial charge >= 0.3 is 0 Å². The smallest absolute Gasteiger partial charge is 0.197 e. The summed E-state index contributed by atoms with van der Waals surface area (Å²) < 4.78 is 11.4. The van der Waals surface area contributed by atoms with Gasteiger partial charge in [-0.2, -0.15) is 0 Å². The fraction of sp³-hybridized carbons (Fsp3) is 0.400. The molecular weight excluding hydrogens is 286 g/mol. The van der Waals surface area contributed by atoms with E-state index >= 15 is 0 Å². The molecule has 0 aliphatic rings. The van der Waals surface area contributed by atoms with Crippen molar-refractivity contribution in [2.45, 2.75) is 27.2 Å². The standard InChI is InChI=1S/C15H21N3O2S/c1-4-8-20-12-7-6-11(9-13(12)19-5-2)14-10(3)17-15(18-16)21-14/h6-7,9H,4-5,8,16H2,1-3H3,(H,17,18). The molecule has 0 amide bonds. The molecule has 114 valence electrons. The van der Waals surface area contributed by atoms with Crippen LogP contribution in [0.4, 0.5) is 5.13 Å². The minimum atomic E-state index is 0.600. The van der Waals surface area contributed by atoms with Crippen molar-refractivity contribution in [1.82, 2.24) is 4.98 Å². The molecule has 0 radical (unpaired) electrons. The quantitative estimate of drug-likeness (QED) is 0.604. The van der Waals surface area contributed by atoms with Crippen molar-refractivity contribution in [2.75, 3.05) is 18.6 Å². The summed E-state index contributed by atoms with van der Waals surface area (Å²) in [5.41, 5.74) is 4.59. The first-order valence-corrected chi connectivity index (χ1v) is 7.85. The van der Waals surface area contributed by atoms with Gasteiger partial charge in [-0.05, 0) is 44.0 Å². The normalized spacial score (nSPS) is 10.5. The number of rotatable bonds is 7. The van der Waals surface area contributed by atoms with E-state index in [1.165, 1.54) is 11.3 Å². The molecule has 0 unspecified atom stereocenters. The molecule has 2 aromatic rings. The summed E-state index contributed by atoms with van der Waals surface area (Å²) in [4.78, 5) is 5.44. The fourth-order valence-corrected chi connectivity index (χ4v) is 2.85. The minimum Gasteiger partial charge on any atom is -0.490 e. The van der Waals surface area contributed by atoms with Gasteiger partial charge in [-0.1, -0.05) is 18.3 Å². The molecule has 0 aliphatic carbocycles. The molecule has 2 rings (SSSR count). The number of thiazole rings is 1. The number of ether oxygens (including phenoxy) is 2. The lowest BCUT2D eigenvalue weighted by Crippen LogP contribution is -2.05. The topological polar surface area (TPSA) is 69.4 Å². The van der Waals surface area contributed by atoms with Crippen LogP contribution >= 0.6 is 11.3 Å². The van der Waals surface area contributed by atoms with Crippen LogP contribution in [0.2, 0.25) is 0 Å². The van der Waals surface area contributed by atoms with Gasteiger partial charge in [0.05, 0.1) is 23.8 Å². The number of benzene rings is 1. The number of nitrogens with two attached hydrogens (primary N) is 1. The van der Waals surface area contributed by atoms with E-state index in [0.717, 1.165) is 34.1 Å². The molecule has 0 atom stereocenters. The zero-order valence-corrected chi connectivity index (χ0v) is 13.4. The average Bonchev–Trinajstić information content (AvgIpc) is 2.87. The number of nitrogens with one attached hydrogen (secondary N) is 1. The van der Waals surface area contributed by atoms with Crippen LogP contribution in [-0.2, 0) is 0 Å². The highest BCUT2D eigenvalue weighted by molar-refractivity contribution is 7.19. The van der Waals surface area contributed by atoms with E-state index < -0.39 is 0 Å². The van der Waals surface area contributed by atoms with Gasteiger partial charge in [-0.25, -0.2) is 10.8 Å². The Morgan fingerprint density at radius 2 is 2.05 bits per heavy atom. The highest BCUT2D eigenvalue weighted by Gasteiger charge is 2.13. The van der Waals surface area contributed by atoms with E-state index in [9.17, 15) is 0 Å². The van der Waals surface area contributed by atoms with Crippen LogP contribution in [0.25, 0.3) is 10.4 Å². The zero-order valence-electron chi connectivity index (χ0n) is 12.6. The number of hydrazine groups is 1. The van der Waals surface area contributed by atoms with Gasteiger partial charge in [0, 0.05) is 0 Å². The van der Waals surface area contributed by atoms with Crippen LogP contribution < -0.4 is 20.7 Å². The van der Waals surface area contributed by atoms with E-state index in [4.69, 9.17) is 15.3 Å². The summed E-state index contributed by atoms with van der Waals surface area (Å²) in [6.07, 6.45) is 0.965. The molecule has 0 spiro atoms. The summed E-state index contributed by atoms with van der Waals surface area (Å²) >= 11 is 1.52. The summed E-state index contributed by atoms with van der Waals surface area (Å²) in [6, 6.07) is 5.97. The van der Waals surface area contributed by atoms with E-state index in [1.54, 1.807) is 0 Å². The maximum atomic E-state index is 5.72. The second kappa shape index (κ2) is 7.28. The fourth-order valence-electron chi connectivity index (χ4n) is 1.97. The molecule has 5 nitrogen and oxygen atoms in total. The van der Waals surface area contributed by atoms with Gasteiger partial charge in [0.15, 0.2) is 16.6 Å². The van der Waals surface area contributed by atoms with Crippen molar-refractivity contribution < 1.29 is 9.47 Å². The molecule has 3 N–H and O–H groups in total. The number of nitrogens with zero attached hydrogens (tertiary/aromatic N) is 1. The molecule has 1 heterocycles. The summed E-state index contributed by atoms with van der Waals surface area (Å²) in [6.45, 7) is 7.29. The van der Waals surface area contributed by atoms with Crippen LogP contribution in [0.3, 0.4) is 0 Å². The van der Waals surface area contributed by atoms with Crippen molar-refractivity contribution in [3.05, 3.63) is 23.9 Å². The largest absolute Gasteiger partial charge is 0.490 e. The number of nitrogen functional groups attached to an aromatic ring is 1. The summed E-state index contributed by atoms with van der Waals surface area (Å²) in [7, 11) is 0. The van der Waals surface area contributed by atoms with Crippen molar-refractivity contribution >= 4 is 16.5 Å². The van der Waals surface area contributed by atoms with Crippen LogP contribution in [-0.4, -0.2) is 18.2 Å². The highest BCUT2D eigenvalue weighted by Crippen LogP contribution is 2.37. The van der Waals surface area contributed by atoms with Crippen molar-refractivity contribution in [2.24, 2.45) is 5.84 Å². The lowest BCUT2D eigenvalue weighted by molar-refractivity contribution is 0.277. The molecule has 0 aliphatic heterocycles. The average molecular weight is 307 g/mol. The Hall–Kier alpha value is -1.79. The van der Waals surface area contributed by atoms with Gasteiger partial charge in [0.25, 0.3) is 0 Å². The minimum absolute atomic E-state index is 0.600. The van der Waals surface area contributed by atoms with E-state index in [-0.39, 0.29) is 0 Å². The predicted octanol–water partition coefficient (Wildman–Crippen LogP) is 3.59. The number of aromatic nitrogens is 1. The highest BCUT2D eigenvalue weighted by atomic mass is 32.1. The molecule has 21 heavy (non-hydrogen) atoms. The van der Waals surface area contributed by atoms with E-state index in [2.05, 4.69) is 17.3 Å². The van der Waals surface area contributed by atoms with Crippen LogP contribution in [0, 0.1) is 6.92 Å². The SMILES string of the molecule is CCCOc1ccc(-c2sc(NN)nc2C)cc1OCC. The second-order valence-corrected chi connectivity index (χ2v) is 5.52. The van der Waals surface area contributed by atoms with Gasteiger partial charge in [-0.3, -0.25) is 5.43 Å². The Labute approximate surface area is 129 Å². The van der Waals surface area contributed by atoms with Crippen molar-refractivity contribution in [3.63, 3.8) is 0 Å². The third kappa shape index (κ3) is 3.65. The van der Waals surface area contributed by atoms with Crippen LogP contribution in [0.5, 0.6) is 11.5 Å². The zero-order chi connectivity index (χ0) is 15.2. The van der Waals surface area contributed by atoms with Gasteiger partial charge in [0.1, 0.15) is 0 Å². The van der Waals surface area contributed by atoms with E-state index in [1.807, 2.05) is 32.0 Å². The van der Waals surface area contributed by atoms with Gasteiger partial charge in [0.2, 0.25) is 0 Å². The molecule has 1 aromatic heterocycles. The monoisotopic (exact) mass is 307 g/mol.